The number of carbonyl (C=O) groups is 2. The summed E-state index contributed by atoms with van der Waals surface area (Å²) < 4.78 is 10.5. The molecule has 0 radical (unpaired) electrons. The Balaban J connectivity index is 1.41. The molecule has 2 saturated heterocycles. The fourth-order valence-electron chi connectivity index (χ4n) is 3.03. The third-order valence-electron chi connectivity index (χ3n) is 4.28. The number of carbonyl (C=O) groups excluding carboxylic acids is 2. The molecule has 9 heteroatoms. The Morgan fingerprint density at radius 3 is 2.80 bits per heavy atom. The summed E-state index contributed by atoms with van der Waals surface area (Å²) in [6, 6.07) is 0.469. The monoisotopic (exact) mass is 374 g/mol. The van der Waals surface area contributed by atoms with Gasteiger partial charge in [0.05, 0.1) is 38.5 Å². The Morgan fingerprint density at radius 1 is 1.20 bits per heavy atom. The molecule has 0 aliphatic carbocycles. The van der Waals surface area contributed by atoms with Crippen molar-refractivity contribution in [3.63, 3.8) is 0 Å². The van der Waals surface area contributed by atoms with Gasteiger partial charge in [-0.05, 0) is 12.8 Å². The van der Waals surface area contributed by atoms with Gasteiger partial charge < -0.3 is 31.2 Å². The molecule has 2 heterocycles. The van der Waals surface area contributed by atoms with E-state index in [-0.39, 0.29) is 24.0 Å². The molecule has 0 aromatic rings. The summed E-state index contributed by atoms with van der Waals surface area (Å²) in [5.41, 5.74) is 5.30. The van der Waals surface area contributed by atoms with Gasteiger partial charge in [0.25, 0.3) is 0 Å². The molecule has 144 valence electrons. The molecule has 0 saturated carbocycles. The molecule has 5 N–H and O–H groups in total. The van der Waals surface area contributed by atoms with Crippen LogP contribution < -0.4 is 21.7 Å². The first-order chi connectivity index (χ1) is 12.2. The van der Waals surface area contributed by atoms with Crippen LogP contribution in [0.2, 0.25) is 0 Å². The largest absolute Gasteiger partial charge is 0.378 e. The van der Waals surface area contributed by atoms with Gasteiger partial charge in [-0.25, -0.2) is 4.79 Å². The van der Waals surface area contributed by atoms with Gasteiger partial charge in [0.15, 0.2) is 0 Å². The van der Waals surface area contributed by atoms with E-state index < -0.39 is 0 Å². The summed E-state index contributed by atoms with van der Waals surface area (Å²) in [4.78, 5) is 23.1. The Hall–Kier alpha value is -1.03. The summed E-state index contributed by atoms with van der Waals surface area (Å²) in [5.74, 6) is 1.04. The van der Waals surface area contributed by atoms with E-state index >= 15 is 0 Å². The van der Waals surface area contributed by atoms with Crippen molar-refractivity contribution in [2.45, 2.75) is 43.0 Å². The Morgan fingerprint density at radius 2 is 2.00 bits per heavy atom. The molecule has 2 aliphatic rings. The molecule has 0 aromatic heterocycles. The van der Waals surface area contributed by atoms with Gasteiger partial charge >= 0.3 is 6.03 Å². The van der Waals surface area contributed by atoms with Crippen molar-refractivity contribution in [2.75, 3.05) is 45.3 Å². The van der Waals surface area contributed by atoms with Crippen LogP contribution in [0.25, 0.3) is 0 Å². The van der Waals surface area contributed by atoms with Crippen molar-refractivity contribution in [3.05, 3.63) is 0 Å². The molecule has 0 spiro atoms. The van der Waals surface area contributed by atoms with E-state index in [2.05, 4.69) is 16.0 Å². The minimum Gasteiger partial charge on any atom is -0.378 e. The number of urea groups is 1. The van der Waals surface area contributed by atoms with Gasteiger partial charge in [0.1, 0.15) is 0 Å². The molecule has 2 aliphatic heterocycles. The maximum absolute atomic E-state index is 11.8. The molecule has 0 unspecified atom stereocenters. The number of fused-ring (bicyclic) bond motifs is 1. The predicted octanol–water partition coefficient (Wildman–Crippen LogP) is -0.180. The van der Waals surface area contributed by atoms with Gasteiger partial charge in [0, 0.05) is 30.5 Å². The fourth-order valence-corrected chi connectivity index (χ4v) is 4.57. The van der Waals surface area contributed by atoms with Crippen LogP contribution in [0.1, 0.15) is 25.7 Å². The number of amides is 3. The van der Waals surface area contributed by atoms with E-state index in [1.807, 2.05) is 11.8 Å². The van der Waals surface area contributed by atoms with Gasteiger partial charge in [-0.3, -0.25) is 4.79 Å². The molecule has 8 nitrogen and oxygen atoms in total. The van der Waals surface area contributed by atoms with E-state index in [0.717, 1.165) is 25.0 Å². The second kappa shape index (κ2) is 11.6. The quantitative estimate of drug-likeness (QED) is 0.263. The second-order valence-electron chi connectivity index (χ2n) is 6.23. The molecule has 0 bridgehead atoms. The average molecular weight is 375 g/mol. The topological polar surface area (TPSA) is 115 Å². The first kappa shape index (κ1) is 20.3. The summed E-state index contributed by atoms with van der Waals surface area (Å²) in [5, 5.41) is 9.25. The molecule has 0 aromatic carbocycles. The second-order valence-corrected chi connectivity index (χ2v) is 7.50. The highest BCUT2D eigenvalue weighted by molar-refractivity contribution is 8.00. The minimum absolute atomic E-state index is 0.0483. The Labute approximate surface area is 153 Å². The van der Waals surface area contributed by atoms with Crippen LogP contribution in [-0.2, 0) is 14.3 Å². The van der Waals surface area contributed by atoms with E-state index in [9.17, 15) is 9.59 Å². The van der Waals surface area contributed by atoms with Gasteiger partial charge in [-0.1, -0.05) is 6.42 Å². The standard InChI is InChI=1S/C16H30N4O4S/c17-5-7-23-9-10-24-8-6-18-14(21)4-2-1-3-13-15-12(11-25-13)19-16(22)20-15/h12-13,15H,1-11,17H2,(H,18,21)(H2,19,20,22)/t12-,13-,15-/m0/s1. The fraction of sp³-hybridized carbons (Fsp3) is 0.875. The number of nitrogens with one attached hydrogen (secondary N) is 3. The lowest BCUT2D eigenvalue weighted by Crippen LogP contribution is -2.36. The van der Waals surface area contributed by atoms with Crippen molar-refractivity contribution < 1.29 is 19.1 Å². The lowest BCUT2D eigenvalue weighted by atomic mass is 10.0. The zero-order valence-corrected chi connectivity index (χ0v) is 15.4. The van der Waals surface area contributed by atoms with E-state index in [1.54, 1.807) is 0 Å². The van der Waals surface area contributed by atoms with Gasteiger partial charge in [-0.2, -0.15) is 11.8 Å². The zero-order chi connectivity index (χ0) is 17.9. The normalized spacial score (nSPS) is 24.7. The first-order valence-electron chi connectivity index (χ1n) is 9.01. The molecule has 25 heavy (non-hydrogen) atoms. The smallest absolute Gasteiger partial charge is 0.315 e. The highest BCUT2D eigenvalue weighted by Gasteiger charge is 2.42. The number of ether oxygens (including phenoxy) is 2. The van der Waals surface area contributed by atoms with Crippen LogP contribution in [0, 0.1) is 0 Å². The third kappa shape index (κ3) is 7.39. The minimum atomic E-state index is -0.0483. The maximum Gasteiger partial charge on any atom is 0.315 e. The van der Waals surface area contributed by atoms with Crippen LogP contribution in [0.4, 0.5) is 4.79 Å². The molecular formula is C16H30N4O4S. The lowest BCUT2D eigenvalue weighted by molar-refractivity contribution is -0.121. The molecule has 2 rings (SSSR count). The summed E-state index contributed by atoms with van der Waals surface area (Å²) in [6.45, 7) is 3.12. The average Bonchev–Trinajstić information content (AvgIpc) is 3.13. The first-order valence-corrected chi connectivity index (χ1v) is 10.1. The number of unbranched alkanes of at least 4 members (excludes halogenated alkanes) is 1. The highest BCUT2D eigenvalue weighted by Crippen LogP contribution is 2.33. The van der Waals surface area contributed by atoms with Crippen LogP contribution in [0.15, 0.2) is 0 Å². The predicted molar refractivity (Wildman–Crippen MR) is 97.7 cm³/mol. The molecular weight excluding hydrogens is 344 g/mol. The van der Waals surface area contributed by atoms with Crippen LogP contribution in [-0.4, -0.2) is 74.5 Å². The number of rotatable bonds is 13. The van der Waals surface area contributed by atoms with Crippen LogP contribution in [0.3, 0.4) is 0 Å². The van der Waals surface area contributed by atoms with E-state index in [0.29, 0.717) is 51.2 Å². The maximum atomic E-state index is 11.8. The van der Waals surface area contributed by atoms with Gasteiger partial charge in [0.2, 0.25) is 5.91 Å². The van der Waals surface area contributed by atoms with Crippen molar-refractivity contribution >= 4 is 23.7 Å². The van der Waals surface area contributed by atoms with Crippen molar-refractivity contribution in [1.82, 2.24) is 16.0 Å². The summed E-state index contributed by atoms with van der Waals surface area (Å²) >= 11 is 1.91. The van der Waals surface area contributed by atoms with Crippen molar-refractivity contribution in [3.8, 4) is 0 Å². The molecule has 3 amide bonds. The summed E-state index contributed by atoms with van der Waals surface area (Å²) in [7, 11) is 0. The number of hydrogen-bond donors (Lipinski definition) is 4. The molecule has 3 atom stereocenters. The lowest BCUT2D eigenvalue weighted by Gasteiger charge is -2.16. The van der Waals surface area contributed by atoms with Crippen molar-refractivity contribution in [2.24, 2.45) is 5.73 Å². The summed E-state index contributed by atoms with van der Waals surface area (Å²) in [6.07, 6.45) is 3.44. The SMILES string of the molecule is NCCOCCOCCNC(=O)CCCC[C@@H]1SC[C@@H]2NC(=O)N[C@@H]21. The molecule has 2 fully saturated rings. The van der Waals surface area contributed by atoms with Gasteiger partial charge in [-0.15, -0.1) is 0 Å². The Kier molecular flexibility index (Phi) is 9.38. The highest BCUT2D eigenvalue weighted by atomic mass is 32.2. The van der Waals surface area contributed by atoms with E-state index in [4.69, 9.17) is 15.2 Å². The number of thioether (sulfide) groups is 1. The zero-order valence-electron chi connectivity index (χ0n) is 14.6. The van der Waals surface area contributed by atoms with E-state index in [1.165, 1.54) is 0 Å². The van der Waals surface area contributed by atoms with Crippen LogP contribution >= 0.6 is 11.8 Å². The van der Waals surface area contributed by atoms with Crippen molar-refractivity contribution in [1.29, 1.82) is 0 Å². The van der Waals surface area contributed by atoms with Crippen LogP contribution in [0.5, 0.6) is 0 Å². The number of hydrogen-bond acceptors (Lipinski definition) is 6. The number of nitrogens with two attached hydrogens (primary N) is 1. The Bertz CT molecular complexity index is 427. The third-order valence-corrected chi connectivity index (χ3v) is 5.79.